The van der Waals surface area contributed by atoms with Gasteiger partial charge in [-0.1, -0.05) is 37.0 Å². The first-order valence-corrected chi connectivity index (χ1v) is 10.7. The van der Waals surface area contributed by atoms with E-state index in [2.05, 4.69) is 5.32 Å². The minimum absolute atomic E-state index is 0.0805. The highest BCUT2D eigenvalue weighted by molar-refractivity contribution is 7.98. The smallest absolute Gasteiger partial charge is 0.251 e. The number of carbonyl (C=O) groups excluding carboxylic acids is 2. The first-order chi connectivity index (χ1) is 12.1. The van der Waals surface area contributed by atoms with Crippen molar-refractivity contribution in [2.24, 2.45) is 0 Å². The van der Waals surface area contributed by atoms with Crippen LogP contribution in [0.15, 0.2) is 24.3 Å². The summed E-state index contributed by atoms with van der Waals surface area (Å²) < 4.78 is 0. The Balaban J connectivity index is 2.05. The normalized spacial score (nSPS) is 16.6. The molecule has 0 aliphatic carbocycles. The highest BCUT2D eigenvalue weighted by atomic mass is 32.2. The molecule has 5 heteroatoms. The molecule has 2 rings (SSSR count). The molecule has 0 bridgehead atoms. The fourth-order valence-corrected chi connectivity index (χ4v) is 3.68. The van der Waals surface area contributed by atoms with Gasteiger partial charge in [-0.25, -0.2) is 0 Å². The summed E-state index contributed by atoms with van der Waals surface area (Å²) in [6.45, 7) is 3.59. The summed E-state index contributed by atoms with van der Waals surface area (Å²) in [5.41, 5.74) is 1.66. The van der Waals surface area contributed by atoms with Crippen LogP contribution in [0.4, 0.5) is 0 Å². The summed E-state index contributed by atoms with van der Waals surface area (Å²) in [5.74, 6) is 0.783. The Kier molecular flexibility index (Phi) is 8.32. The van der Waals surface area contributed by atoms with Crippen molar-refractivity contribution >= 4 is 23.6 Å². The number of carbonyl (C=O) groups is 2. The predicted octanol–water partition coefficient (Wildman–Crippen LogP) is 3.64. The van der Waals surface area contributed by atoms with Crippen LogP contribution in [0, 0.1) is 6.92 Å². The molecule has 1 aromatic rings. The maximum Gasteiger partial charge on any atom is 0.251 e. The molecule has 1 unspecified atom stereocenters. The van der Waals surface area contributed by atoms with Crippen LogP contribution in [0.3, 0.4) is 0 Å². The van der Waals surface area contributed by atoms with Gasteiger partial charge in [-0.2, -0.15) is 11.8 Å². The van der Waals surface area contributed by atoms with Crippen LogP contribution in [0.1, 0.15) is 54.4 Å². The predicted molar refractivity (Wildman–Crippen MR) is 105 cm³/mol. The van der Waals surface area contributed by atoms with Gasteiger partial charge in [0.1, 0.15) is 6.04 Å². The Bertz CT molecular complexity index is 569. The number of rotatable bonds is 6. The van der Waals surface area contributed by atoms with E-state index in [1.165, 1.54) is 19.3 Å². The largest absolute Gasteiger partial charge is 0.341 e. The molecule has 1 heterocycles. The standard InChI is InChI=1S/C20H30N2O2S/c1-16-9-8-10-17(15-16)19(23)21-18(11-14-25-2)20(24)22-12-6-4-3-5-7-13-22/h8-10,15,18H,3-7,11-14H2,1-2H3,(H,21,23). The number of hydrogen-bond donors (Lipinski definition) is 1. The lowest BCUT2D eigenvalue weighted by Gasteiger charge is -2.29. The molecule has 1 fully saturated rings. The molecule has 1 aliphatic heterocycles. The number of benzene rings is 1. The summed E-state index contributed by atoms with van der Waals surface area (Å²) >= 11 is 1.70. The molecule has 0 aromatic heterocycles. The van der Waals surface area contributed by atoms with Crippen molar-refractivity contribution in [2.45, 2.75) is 51.5 Å². The number of likely N-dealkylation sites (tertiary alicyclic amines) is 1. The second-order valence-electron chi connectivity index (χ2n) is 6.77. The van der Waals surface area contributed by atoms with E-state index >= 15 is 0 Å². The van der Waals surface area contributed by atoms with Gasteiger partial charge in [0.2, 0.25) is 5.91 Å². The summed E-state index contributed by atoms with van der Waals surface area (Å²) in [4.78, 5) is 27.6. The minimum atomic E-state index is -0.431. The van der Waals surface area contributed by atoms with Gasteiger partial charge in [0.15, 0.2) is 0 Å². The Labute approximate surface area is 155 Å². The van der Waals surface area contributed by atoms with Gasteiger partial charge >= 0.3 is 0 Å². The quantitative estimate of drug-likeness (QED) is 0.840. The van der Waals surface area contributed by atoms with Crippen molar-refractivity contribution in [2.75, 3.05) is 25.1 Å². The van der Waals surface area contributed by atoms with Crippen LogP contribution < -0.4 is 5.32 Å². The number of aryl methyl sites for hydroxylation is 1. The summed E-state index contributed by atoms with van der Waals surface area (Å²) in [7, 11) is 0. The molecular weight excluding hydrogens is 332 g/mol. The van der Waals surface area contributed by atoms with Crippen molar-refractivity contribution in [1.82, 2.24) is 10.2 Å². The van der Waals surface area contributed by atoms with Crippen molar-refractivity contribution in [1.29, 1.82) is 0 Å². The number of nitrogens with zero attached hydrogens (tertiary/aromatic N) is 1. The maximum atomic E-state index is 13.0. The number of thioether (sulfide) groups is 1. The summed E-state index contributed by atoms with van der Waals surface area (Å²) in [6.07, 6.45) is 8.47. The van der Waals surface area contributed by atoms with Crippen LogP contribution in [-0.4, -0.2) is 47.9 Å². The first-order valence-electron chi connectivity index (χ1n) is 9.27. The lowest BCUT2D eigenvalue weighted by atomic mass is 10.1. The zero-order chi connectivity index (χ0) is 18.1. The Morgan fingerprint density at radius 1 is 1.16 bits per heavy atom. The van der Waals surface area contributed by atoms with E-state index in [9.17, 15) is 9.59 Å². The average Bonchev–Trinajstić information content (AvgIpc) is 2.57. The van der Waals surface area contributed by atoms with E-state index in [0.29, 0.717) is 12.0 Å². The minimum Gasteiger partial charge on any atom is -0.341 e. The molecule has 138 valence electrons. The lowest BCUT2D eigenvalue weighted by Crippen LogP contribution is -2.49. The fraction of sp³-hybridized carbons (Fsp3) is 0.600. The third kappa shape index (κ3) is 6.38. The SMILES string of the molecule is CSCCC(NC(=O)c1cccc(C)c1)C(=O)N1CCCCCCC1. The second kappa shape index (κ2) is 10.5. The van der Waals surface area contributed by atoms with Gasteiger partial charge in [-0.3, -0.25) is 9.59 Å². The van der Waals surface area contributed by atoms with Gasteiger partial charge < -0.3 is 10.2 Å². The van der Waals surface area contributed by atoms with E-state index < -0.39 is 6.04 Å². The summed E-state index contributed by atoms with van der Waals surface area (Å²) in [6, 6.07) is 7.07. The van der Waals surface area contributed by atoms with E-state index in [1.807, 2.05) is 36.3 Å². The molecular formula is C20H30N2O2S. The highest BCUT2D eigenvalue weighted by Crippen LogP contribution is 2.14. The molecule has 4 nitrogen and oxygen atoms in total. The number of amides is 2. The van der Waals surface area contributed by atoms with Crippen LogP contribution >= 0.6 is 11.8 Å². The zero-order valence-electron chi connectivity index (χ0n) is 15.4. The molecule has 1 saturated heterocycles. The van der Waals surface area contributed by atoms with Crippen molar-refractivity contribution in [3.8, 4) is 0 Å². The monoisotopic (exact) mass is 362 g/mol. The molecule has 1 aliphatic rings. The fourth-order valence-electron chi connectivity index (χ4n) is 3.21. The molecule has 1 atom stereocenters. The Hall–Kier alpha value is -1.49. The molecule has 0 saturated carbocycles. The topological polar surface area (TPSA) is 49.4 Å². The average molecular weight is 363 g/mol. The van der Waals surface area contributed by atoms with Crippen LogP contribution in [-0.2, 0) is 4.79 Å². The third-order valence-electron chi connectivity index (χ3n) is 4.66. The Morgan fingerprint density at radius 2 is 1.84 bits per heavy atom. The van der Waals surface area contributed by atoms with Gasteiger partial charge in [-0.15, -0.1) is 0 Å². The lowest BCUT2D eigenvalue weighted by molar-refractivity contribution is -0.133. The third-order valence-corrected chi connectivity index (χ3v) is 5.31. The van der Waals surface area contributed by atoms with Crippen LogP contribution in [0.5, 0.6) is 0 Å². The molecule has 0 spiro atoms. The zero-order valence-corrected chi connectivity index (χ0v) is 16.2. The van der Waals surface area contributed by atoms with Gasteiger partial charge in [0.25, 0.3) is 5.91 Å². The maximum absolute atomic E-state index is 13.0. The highest BCUT2D eigenvalue weighted by Gasteiger charge is 2.26. The molecule has 1 aromatic carbocycles. The van der Waals surface area contributed by atoms with Crippen molar-refractivity contribution in [3.63, 3.8) is 0 Å². The van der Waals surface area contributed by atoms with Crippen LogP contribution in [0.25, 0.3) is 0 Å². The van der Waals surface area contributed by atoms with E-state index in [4.69, 9.17) is 0 Å². The van der Waals surface area contributed by atoms with Crippen molar-refractivity contribution in [3.05, 3.63) is 35.4 Å². The van der Waals surface area contributed by atoms with E-state index in [-0.39, 0.29) is 11.8 Å². The van der Waals surface area contributed by atoms with Gasteiger partial charge in [-0.05, 0) is 50.3 Å². The number of hydrogen-bond acceptors (Lipinski definition) is 3. The molecule has 2 amide bonds. The molecule has 1 N–H and O–H groups in total. The van der Waals surface area contributed by atoms with Crippen molar-refractivity contribution < 1.29 is 9.59 Å². The van der Waals surface area contributed by atoms with Gasteiger partial charge in [0.05, 0.1) is 0 Å². The Morgan fingerprint density at radius 3 is 2.48 bits per heavy atom. The van der Waals surface area contributed by atoms with E-state index in [1.54, 1.807) is 17.8 Å². The summed E-state index contributed by atoms with van der Waals surface area (Å²) in [5, 5.41) is 2.98. The first kappa shape index (κ1) is 19.8. The second-order valence-corrected chi connectivity index (χ2v) is 7.76. The van der Waals surface area contributed by atoms with Gasteiger partial charge in [0, 0.05) is 18.7 Å². The number of nitrogens with one attached hydrogen (secondary N) is 1. The van der Waals surface area contributed by atoms with E-state index in [0.717, 1.165) is 37.2 Å². The molecule has 25 heavy (non-hydrogen) atoms. The van der Waals surface area contributed by atoms with Crippen LogP contribution in [0.2, 0.25) is 0 Å². The molecule has 0 radical (unpaired) electrons.